The first-order valence-corrected chi connectivity index (χ1v) is 8.23. The minimum atomic E-state index is 0.214. The van der Waals surface area contributed by atoms with Gasteiger partial charge in [-0.05, 0) is 44.2 Å². The van der Waals surface area contributed by atoms with Gasteiger partial charge in [-0.2, -0.15) is 0 Å². The molecule has 0 amide bonds. The molecule has 1 atom stereocenters. The molecule has 1 aromatic heterocycles. The Hall–Kier alpha value is -2.75. The molecule has 1 aliphatic rings. The maximum atomic E-state index is 5.85. The van der Waals surface area contributed by atoms with Crippen molar-refractivity contribution in [2.24, 2.45) is 0 Å². The third-order valence-corrected chi connectivity index (χ3v) is 4.04. The number of hydrogen-bond acceptors (Lipinski definition) is 4. The summed E-state index contributed by atoms with van der Waals surface area (Å²) >= 11 is 0. The van der Waals surface area contributed by atoms with Gasteiger partial charge >= 0.3 is 0 Å². The fourth-order valence-electron chi connectivity index (χ4n) is 2.99. The standard InChI is InChI=1S/C20H19NO3/c1-3-22-18-12-15-10-13(2)23-19(15)11-14(18)8-9-20-21-16-6-4-5-7-17(16)24-20/h4-9,11-13H,3,10H2,1-2H3/b9-8+. The summed E-state index contributed by atoms with van der Waals surface area (Å²) in [5.74, 6) is 2.37. The van der Waals surface area contributed by atoms with Crippen LogP contribution in [0.5, 0.6) is 11.5 Å². The van der Waals surface area contributed by atoms with Gasteiger partial charge in [-0.25, -0.2) is 4.98 Å². The summed E-state index contributed by atoms with van der Waals surface area (Å²) in [5, 5.41) is 0. The van der Waals surface area contributed by atoms with Crippen molar-refractivity contribution in [1.82, 2.24) is 4.98 Å². The minimum Gasteiger partial charge on any atom is -0.493 e. The van der Waals surface area contributed by atoms with Crippen molar-refractivity contribution >= 4 is 23.3 Å². The number of para-hydroxylation sites is 2. The molecule has 2 aromatic carbocycles. The molecule has 0 radical (unpaired) electrons. The van der Waals surface area contributed by atoms with Crippen LogP contribution >= 0.6 is 0 Å². The van der Waals surface area contributed by atoms with Crippen molar-refractivity contribution in [3.05, 3.63) is 53.4 Å². The minimum absolute atomic E-state index is 0.214. The Balaban J connectivity index is 1.68. The number of aromatic nitrogens is 1. The third kappa shape index (κ3) is 2.75. The summed E-state index contributed by atoms with van der Waals surface area (Å²) in [5.41, 5.74) is 3.80. The largest absolute Gasteiger partial charge is 0.493 e. The van der Waals surface area contributed by atoms with Crippen molar-refractivity contribution in [2.75, 3.05) is 6.61 Å². The van der Waals surface area contributed by atoms with E-state index in [0.717, 1.165) is 34.6 Å². The van der Waals surface area contributed by atoms with E-state index in [1.807, 2.05) is 49.4 Å². The topological polar surface area (TPSA) is 44.5 Å². The highest BCUT2D eigenvalue weighted by Crippen LogP contribution is 2.36. The second-order valence-corrected chi connectivity index (χ2v) is 5.92. The second-order valence-electron chi connectivity index (χ2n) is 5.92. The number of fused-ring (bicyclic) bond motifs is 2. The maximum absolute atomic E-state index is 5.85. The Morgan fingerprint density at radius 1 is 1.25 bits per heavy atom. The molecule has 0 spiro atoms. The SMILES string of the molecule is CCOc1cc2c(cc1/C=C/c1nc3ccccc3o1)OC(C)C2. The average Bonchev–Trinajstić information content (AvgIpc) is 3.14. The van der Waals surface area contributed by atoms with Crippen molar-refractivity contribution in [1.29, 1.82) is 0 Å². The second kappa shape index (κ2) is 6.04. The Kier molecular flexibility index (Phi) is 3.73. The molecule has 0 aliphatic carbocycles. The highest BCUT2D eigenvalue weighted by molar-refractivity contribution is 5.77. The van der Waals surface area contributed by atoms with Crippen LogP contribution in [0.1, 0.15) is 30.9 Å². The van der Waals surface area contributed by atoms with E-state index in [1.54, 1.807) is 0 Å². The lowest BCUT2D eigenvalue weighted by molar-refractivity contribution is 0.254. The van der Waals surface area contributed by atoms with Gasteiger partial charge < -0.3 is 13.9 Å². The van der Waals surface area contributed by atoms with E-state index in [1.165, 1.54) is 5.56 Å². The Morgan fingerprint density at radius 3 is 2.96 bits per heavy atom. The fourth-order valence-corrected chi connectivity index (χ4v) is 2.99. The van der Waals surface area contributed by atoms with Gasteiger partial charge in [0.05, 0.1) is 6.61 Å². The Bertz CT molecular complexity index is 877. The van der Waals surface area contributed by atoms with Gasteiger partial charge in [0.25, 0.3) is 0 Å². The van der Waals surface area contributed by atoms with Gasteiger partial charge in [-0.1, -0.05) is 12.1 Å². The van der Waals surface area contributed by atoms with Crippen LogP contribution in [0.15, 0.2) is 40.8 Å². The lowest BCUT2D eigenvalue weighted by Crippen LogP contribution is -2.05. The van der Waals surface area contributed by atoms with Crippen molar-refractivity contribution in [2.45, 2.75) is 26.4 Å². The zero-order valence-electron chi connectivity index (χ0n) is 13.8. The van der Waals surface area contributed by atoms with Crippen LogP contribution in [0.4, 0.5) is 0 Å². The number of oxazole rings is 1. The molecule has 0 N–H and O–H groups in total. The molecule has 0 bridgehead atoms. The predicted octanol–water partition coefficient (Wildman–Crippen LogP) is 4.72. The van der Waals surface area contributed by atoms with Crippen LogP contribution < -0.4 is 9.47 Å². The molecule has 4 rings (SSSR count). The van der Waals surface area contributed by atoms with Crippen LogP contribution in [0, 0.1) is 0 Å². The molecule has 0 fully saturated rings. The summed E-state index contributed by atoms with van der Waals surface area (Å²) in [6.45, 7) is 4.69. The molecule has 3 aromatic rings. The Morgan fingerprint density at radius 2 is 2.12 bits per heavy atom. The highest BCUT2D eigenvalue weighted by atomic mass is 16.5. The van der Waals surface area contributed by atoms with E-state index in [2.05, 4.69) is 18.0 Å². The predicted molar refractivity (Wildman–Crippen MR) is 94.3 cm³/mol. The molecular weight excluding hydrogens is 302 g/mol. The van der Waals surface area contributed by atoms with E-state index < -0.39 is 0 Å². The molecular formula is C20H19NO3. The van der Waals surface area contributed by atoms with Gasteiger partial charge in [0, 0.05) is 23.6 Å². The van der Waals surface area contributed by atoms with Gasteiger partial charge in [0.2, 0.25) is 5.89 Å². The van der Waals surface area contributed by atoms with Gasteiger partial charge in [0.1, 0.15) is 23.1 Å². The van der Waals surface area contributed by atoms with Gasteiger partial charge in [0.15, 0.2) is 5.58 Å². The fraction of sp³-hybridized carbons (Fsp3) is 0.250. The zero-order chi connectivity index (χ0) is 16.5. The number of benzene rings is 2. The van der Waals surface area contributed by atoms with Gasteiger partial charge in [-0.15, -0.1) is 0 Å². The third-order valence-electron chi connectivity index (χ3n) is 4.04. The molecule has 1 unspecified atom stereocenters. The average molecular weight is 321 g/mol. The molecule has 24 heavy (non-hydrogen) atoms. The lowest BCUT2D eigenvalue weighted by Gasteiger charge is -2.09. The summed E-state index contributed by atoms with van der Waals surface area (Å²) in [6, 6.07) is 11.8. The molecule has 122 valence electrons. The van der Waals surface area contributed by atoms with E-state index in [9.17, 15) is 0 Å². The number of rotatable bonds is 4. The van der Waals surface area contributed by atoms with E-state index >= 15 is 0 Å². The van der Waals surface area contributed by atoms with Crippen LogP contribution in [-0.2, 0) is 6.42 Å². The summed E-state index contributed by atoms with van der Waals surface area (Å²) in [4.78, 5) is 4.46. The molecule has 2 heterocycles. The number of ether oxygens (including phenoxy) is 2. The van der Waals surface area contributed by atoms with Crippen LogP contribution in [0.2, 0.25) is 0 Å². The van der Waals surface area contributed by atoms with Crippen molar-refractivity contribution in [3.63, 3.8) is 0 Å². The first kappa shape index (κ1) is 14.8. The monoisotopic (exact) mass is 321 g/mol. The van der Waals surface area contributed by atoms with Crippen LogP contribution in [0.25, 0.3) is 23.3 Å². The number of hydrogen-bond donors (Lipinski definition) is 0. The Labute approximate surface area is 140 Å². The van der Waals surface area contributed by atoms with Crippen molar-refractivity contribution in [3.8, 4) is 11.5 Å². The molecule has 4 heteroatoms. The van der Waals surface area contributed by atoms with E-state index in [4.69, 9.17) is 13.9 Å². The lowest BCUT2D eigenvalue weighted by atomic mass is 10.1. The quantitative estimate of drug-likeness (QED) is 0.697. The van der Waals surface area contributed by atoms with Gasteiger partial charge in [-0.3, -0.25) is 0 Å². The summed E-state index contributed by atoms with van der Waals surface area (Å²) in [7, 11) is 0. The van der Waals surface area contributed by atoms with E-state index in [-0.39, 0.29) is 6.10 Å². The smallest absolute Gasteiger partial charge is 0.220 e. The van der Waals surface area contributed by atoms with Crippen LogP contribution in [-0.4, -0.2) is 17.7 Å². The summed E-state index contributed by atoms with van der Waals surface area (Å²) < 4.78 is 17.4. The molecule has 1 aliphatic heterocycles. The highest BCUT2D eigenvalue weighted by Gasteiger charge is 2.21. The molecule has 0 saturated heterocycles. The normalized spacial score (nSPS) is 16.5. The van der Waals surface area contributed by atoms with Crippen LogP contribution in [0.3, 0.4) is 0 Å². The van der Waals surface area contributed by atoms with E-state index in [0.29, 0.717) is 12.5 Å². The first-order valence-electron chi connectivity index (χ1n) is 8.23. The number of nitrogens with zero attached hydrogens (tertiary/aromatic N) is 1. The summed E-state index contributed by atoms with van der Waals surface area (Å²) in [6.07, 6.45) is 4.96. The molecule has 0 saturated carbocycles. The molecule has 4 nitrogen and oxygen atoms in total. The zero-order valence-corrected chi connectivity index (χ0v) is 13.8. The maximum Gasteiger partial charge on any atom is 0.220 e. The first-order chi connectivity index (χ1) is 11.7. The van der Waals surface area contributed by atoms with Crippen molar-refractivity contribution < 1.29 is 13.9 Å².